The Balaban J connectivity index is 1.47. The van der Waals surface area contributed by atoms with Crippen molar-refractivity contribution in [2.75, 3.05) is 23.3 Å². The van der Waals surface area contributed by atoms with Crippen molar-refractivity contribution in [3.63, 3.8) is 0 Å². The van der Waals surface area contributed by atoms with Crippen LogP contribution in [0.25, 0.3) is 10.8 Å². The van der Waals surface area contributed by atoms with Gasteiger partial charge in [-0.15, -0.1) is 5.10 Å². The Morgan fingerprint density at radius 3 is 2.70 bits per heavy atom. The van der Waals surface area contributed by atoms with Crippen LogP contribution in [0, 0.1) is 31.0 Å². The van der Waals surface area contributed by atoms with Crippen LogP contribution in [0.5, 0.6) is 0 Å². The van der Waals surface area contributed by atoms with Gasteiger partial charge in [0, 0.05) is 43.0 Å². The topological polar surface area (TPSA) is 87.0 Å². The Morgan fingerprint density at radius 1 is 1.20 bits per heavy atom. The molecule has 3 saturated heterocycles. The standard InChI is InChI=1S/C22H21FN6O/c1-12-14(7-24)3-16(23)4-15(12)8-26-22-19-6-21(25-9-20(19)13(2)27-28-22)29-10-17-5-18(11-29)30-17/h3-4,6,9,17-18H,5,8,10-11H2,1-2H3,(H,26,28). The summed E-state index contributed by atoms with van der Waals surface area (Å²) in [5.74, 6) is 1.08. The summed E-state index contributed by atoms with van der Waals surface area (Å²) in [5.41, 5.74) is 2.60. The third kappa shape index (κ3) is 3.21. The quantitative estimate of drug-likeness (QED) is 0.714. The summed E-state index contributed by atoms with van der Waals surface area (Å²) in [4.78, 5) is 6.89. The number of hydrogen-bond donors (Lipinski definition) is 1. The summed E-state index contributed by atoms with van der Waals surface area (Å²) in [6, 6.07) is 6.77. The van der Waals surface area contributed by atoms with Gasteiger partial charge in [0.15, 0.2) is 5.82 Å². The zero-order valence-electron chi connectivity index (χ0n) is 16.8. The second-order valence-corrected chi connectivity index (χ2v) is 7.95. The Bertz CT molecular complexity index is 1170. The lowest BCUT2D eigenvalue weighted by atomic mass is 9.99. The van der Waals surface area contributed by atoms with E-state index in [0.717, 1.165) is 47.4 Å². The lowest BCUT2D eigenvalue weighted by molar-refractivity contribution is -0.133. The highest BCUT2D eigenvalue weighted by molar-refractivity contribution is 5.94. The molecule has 6 rings (SSSR count). The first kappa shape index (κ1) is 18.7. The van der Waals surface area contributed by atoms with E-state index in [4.69, 9.17) is 4.74 Å². The normalized spacial score (nSPS) is 20.0. The van der Waals surface area contributed by atoms with Crippen LogP contribution >= 0.6 is 0 Å². The van der Waals surface area contributed by atoms with E-state index < -0.39 is 5.82 Å². The Morgan fingerprint density at radius 2 is 1.97 bits per heavy atom. The van der Waals surface area contributed by atoms with E-state index in [1.54, 1.807) is 0 Å². The molecule has 30 heavy (non-hydrogen) atoms. The predicted molar refractivity (Wildman–Crippen MR) is 111 cm³/mol. The lowest BCUT2D eigenvalue weighted by Gasteiger charge is -2.47. The zero-order valence-corrected chi connectivity index (χ0v) is 16.8. The van der Waals surface area contributed by atoms with E-state index >= 15 is 0 Å². The van der Waals surface area contributed by atoms with Crippen LogP contribution in [0.15, 0.2) is 24.4 Å². The SMILES string of the molecule is Cc1c(C#N)cc(F)cc1CNc1nnc(C)c2cnc(N3CC4CC(C3)O4)cc12. The van der Waals surface area contributed by atoms with Gasteiger partial charge in [0.05, 0.1) is 29.5 Å². The van der Waals surface area contributed by atoms with E-state index in [0.29, 0.717) is 35.7 Å². The number of morpholine rings is 1. The minimum atomic E-state index is -0.425. The molecular formula is C22H21FN6O. The van der Waals surface area contributed by atoms with Gasteiger partial charge in [0.2, 0.25) is 0 Å². The van der Waals surface area contributed by atoms with Crippen LogP contribution in [-0.2, 0) is 11.3 Å². The third-order valence-electron chi connectivity index (χ3n) is 5.96. The number of anilines is 2. The molecule has 2 atom stereocenters. The first-order valence-electron chi connectivity index (χ1n) is 9.98. The van der Waals surface area contributed by atoms with Crippen LogP contribution in [0.1, 0.15) is 28.8 Å². The van der Waals surface area contributed by atoms with Gasteiger partial charge < -0.3 is 15.0 Å². The summed E-state index contributed by atoms with van der Waals surface area (Å²) in [7, 11) is 0. The van der Waals surface area contributed by atoms with Crippen molar-refractivity contribution in [1.29, 1.82) is 5.26 Å². The van der Waals surface area contributed by atoms with Gasteiger partial charge in [0.25, 0.3) is 0 Å². The van der Waals surface area contributed by atoms with Gasteiger partial charge in [0.1, 0.15) is 11.6 Å². The van der Waals surface area contributed by atoms with Crippen LogP contribution in [0.4, 0.5) is 16.0 Å². The fourth-order valence-corrected chi connectivity index (χ4v) is 4.22. The molecule has 0 aliphatic carbocycles. The molecule has 3 aliphatic rings. The molecule has 152 valence electrons. The number of benzene rings is 1. The number of aryl methyl sites for hydroxylation is 1. The number of nitrogens with one attached hydrogen (secondary N) is 1. The van der Waals surface area contributed by atoms with E-state index in [1.165, 1.54) is 12.1 Å². The Labute approximate surface area is 173 Å². The molecule has 7 nitrogen and oxygen atoms in total. The second kappa shape index (κ2) is 7.18. The molecule has 2 aromatic heterocycles. The maximum absolute atomic E-state index is 13.9. The zero-order chi connectivity index (χ0) is 20.8. The molecule has 2 unspecified atom stereocenters. The number of piperidine rings is 1. The van der Waals surface area contributed by atoms with E-state index in [2.05, 4.69) is 25.4 Å². The monoisotopic (exact) mass is 404 g/mol. The van der Waals surface area contributed by atoms with Crippen LogP contribution < -0.4 is 10.2 Å². The van der Waals surface area contributed by atoms with Crippen molar-refractivity contribution < 1.29 is 9.13 Å². The maximum atomic E-state index is 13.9. The first-order valence-corrected chi connectivity index (χ1v) is 9.98. The number of pyridine rings is 1. The van der Waals surface area contributed by atoms with E-state index in [1.807, 2.05) is 32.2 Å². The molecule has 3 aliphatic heterocycles. The van der Waals surface area contributed by atoms with Crippen molar-refractivity contribution >= 4 is 22.4 Å². The predicted octanol–water partition coefficient (Wildman–Crippen LogP) is 3.24. The fourth-order valence-electron chi connectivity index (χ4n) is 4.22. The van der Waals surface area contributed by atoms with Crippen LogP contribution in [-0.4, -0.2) is 40.5 Å². The number of nitriles is 1. The summed E-state index contributed by atoms with van der Waals surface area (Å²) in [6.07, 6.45) is 3.55. The highest BCUT2D eigenvalue weighted by Crippen LogP contribution is 2.33. The molecule has 3 fully saturated rings. The average molecular weight is 404 g/mol. The number of halogens is 1. The van der Waals surface area contributed by atoms with Crippen molar-refractivity contribution in [2.24, 2.45) is 0 Å². The van der Waals surface area contributed by atoms with E-state index in [-0.39, 0.29) is 0 Å². The number of hydrogen-bond acceptors (Lipinski definition) is 7. The van der Waals surface area contributed by atoms with Crippen molar-refractivity contribution in [3.05, 3.63) is 52.6 Å². The summed E-state index contributed by atoms with van der Waals surface area (Å²) in [6.45, 7) is 5.74. The van der Waals surface area contributed by atoms with Crippen LogP contribution in [0.2, 0.25) is 0 Å². The third-order valence-corrected chi connectivity index (χ3v) is 5.96. The molecule has 0 saturated carbocycles. The molecule has 0 amide bonds. The molecule has 1 N–H and O–H groups in total. The molecule has 1 aromatic carbocycles. The number of fused-ring (bicyclic) bond motifs is 3. The van der Waals surface area contributed by atoms with Crippen LogP contribution in [0.3, 0.4) is 0 Å². The lowest BCUT2D eigenvalue weighted by Crippen LogP contribution is -2.57. The van der Waals surface area contributed by atoms with Gasteiger partial charge in [-0.25, -0.2) is 9.37 Å². The maximum Gasteiger partial charge on any atom is 0.157 e. The number of ether oxygens (including phenoxy) is 1. The molecule has 3 aromatic rings. The van der Waals surface area contributed by atoms with E-state index in [9.17, 15) is 9.65 Å². The van der Waals surface area contributed by atoms with Gasteiger partial charge in [-0.05, 0) is 43.2 Å². The summed E-state index contributed by atoms with van der Waals surface area (Å²) >= 11 is 0. The number of nitrogens with zero attached hydrogens (tertiary/aromatic N) is 5. The van der Waals surface area contributed by atoms with Gasteiger partial charge in [-0.1, -0.05) is 0 Å². The number of aromatic nitrogens is 3. The summed E-state index contributed by atoms with van der Waals surface area (Å²) < 4.78 is 19.6. The Hall–Kier alpha value is -3.31. The second-order valence-electron chi connectivity index (χ2n) is 7.95. The fraction of sp³-hybridized carbons (Fsp3) is 0.364. The highest BCUT2D eigenvalue weighted by atomic mass is 19.1. The largest absolute Gasteiger partial charge is 0.371 e. The van der Waals surface area contributed by atoms with Crippen molar-refractivity contribution in [1.82, 2.24) is 15.2 Å². The molecular weight excluding hydrogens is 383 g/mol. The summed E-state index contributed by atoms with van der Waals surface area (Å²) in [5, 5.41) is 22.9. The molecule has 8 heteroatoms. The molecule has 2 bridgehead atoms. The van der Waals surface area contributed by atoms with Gasteiger partial charge in [-0.2, -0.15) is 10.4 Å². The molecule has 5 heterocycles. The smallest absolute Gasteiger partial charge is 0.157 e. The molecule has 0 spiro atoms. The minimum Gasteiger partial charge on any atom is -0.371 e. The van der Waals surface area contributed by atoms with Crippen molar-refractivity contribution in [2.45, 2.75) is 39.0 Å². The van der Waals surface area contributed by atoms with Gasteiger partial charge in [-0.3, -0.25) is 0 Å². The highest BCUT2D eigenvalue weighted by Gasteiger charge is 2.38. The van der Waals surface area contributed by atoms with Crippen molar-refractivity contribution in [3.8, 4) is 6.07 Å². The minimum absolute atomic E-state index is 0.293. The Kier molecular flexibility index (Phi) is 4.48. The molecule has 0 radical (unpaired) electrons. The average Bonchev–Trinajstić information content (AvgIpc) is 2.74. The van der Waals surface area contributed by atoms with Gasteiger partial charge >= 0.3 is 0 Å². The first-order chi connectivity index (χ1) is 14.5. The number of rotatable bonds is 4.